The first-order valence-corrected chi connectivity index (χ1v) is 12.0. The zero-order valence-electron chi connectivity index (χ0n) is 19.9. The molecule has 0 aromatic carbocycles. The van der Waals surface area contributed by atoms with Crippen molar-refractivity contribution in [3.8, 4) is 0 Å². The molecule has 0 bridgehead atoms. The lowest BCUT2D eigenvalue weighted by molar-refractivity contribution is -0.525. The van der Waals surface area contributed by atoms with Crippen molar-refractivity contribution >= 4 is 24.8 Å². The molecule has 1 rings (SSSR count). The molecule has 0 heterocycles. The predicted molar refractivity (Wildman–Crippen MR) is 126 cm³/mol. The predicted octanol–water partition coefficient (Wildman–Crippen LogP) is 1.34. The average Bonchev–Trinajstić information content (AvgIpc) is 2.97. The van der Waals surface area contributed by atoms with Crippen molar-refractivity contribution < 1.29 is 24.7 Å². The fourth-order valence-corrected chi connectivity index (χ4v) is 4.30. The SMILES string of the molecule is CC(C)C[C@H](NC(=O)[C@H](CCCN=C(N)N[N+](=O)[O-])CC(=O)CC1CCCCCC1)B(O)O. The van der Waals surface area contributed by atoms with E-state index in [1.807, 2.05) is 13.8 Å². The highest BCUT2D eigenvalue weighted by atomic mass is 16.7. The second-order valence-electron chi connectivity index (χ2n) is 9.44. The van der Waals surface area contributed by atoms with Crippen molar-refractivity contribution in [2.45, 2.75) is 90.4 Å². The van der Waals surface area contributed by atoms with Gasteiger partial charge in [-0.05, 0) is 31.1 Å². The highest BCUT2D eigenvalue weighted by Gasteiger charge is 2.30. The topological polar surface area (TPSA) is 180 Å². The van der Waals surface area contributed by atoms with Gasteiger partial charge < -0.3 is 21.1 Å². The van der Waals surface area contributed by atoms with Crippen molar-refractivity contribution in [2.24, 2.45) is 28.5 Å². The Balaban J connectivity index is 2.75. The standard InChI is InChI=1S/C21H40BN5O6/c1-15(2)12-19(22(30)31)25-20(29)17(10-7-11-24-21(23)26-27(32)33)14-18(28)13-16-8-5-3-4-6-9-16/h15-17,19,30-31H,3-14H2,1-2H3,(H,25,29)(H3,23,24,26)/t17-,19+/m1/s1. The Morgan fingerprint density at radius 3 is 2.39 bits per heavy atom. The Hall–Kier alpha value is -2.21. The average molecular weight is 469 g/mol. The minimum Gasteiger partial charge on any atom is -0.426 e. The fraction of sp³-hybridized carbons (Fsp3) is 0.857. The number of hydrazine groups is 1. The van der Waals surface area contributed by atoms with Crippen LogP contribution < -0.4 is 16.5 Å². The maximum atomic E-state index is 12.9. The number of ketones is 1. The van der Waals surface area contributed by atoms with E-state index in [1.165, 1.54) is 12.8 Å². The number of guanidine groups is 1. The molecule has 0 aromatic rings. The molecular weight excluding hydrogens is 429 g/mol. The van der Waals surface area contributed by atoms with Gasteiger partial charge in [0.2, 0.25) is 5.91 Å². The second-order valence-corrected chi connectivity index (χ2v) is 9.44. The summed E-state index contributed by atoms with van der Waals surface area (Å²) in [5.74, 6) is -1.67. The molecule has 1 fully saturated rings. The van der Waals surface area contributed by atoms with Crippen LogP contribution in [0.5, 0.6) is 0 Å². The number of hydrogen-bond donors (Lipinski definition) is 5. The molecule has 12 heteroatoms. The summed E-state index contributed by atoms with van der Waals surface area (Å²) in [6, 6.07) is 0. The summed E-state index contributed by atoms with van der Waals surface area (Å²) in [6.07, 6.45) is 8.37. The zero-order valence-corrected chi connectivity index (χ0v) is 19.9. The summed E-state index contributed by atoms with van der Waals surface area (Å²) in [6.45, 7) is 3.98. The lowest BCUT2D eigenvalue weighted by Crippen LogP contribution is -2.49. The molecule has 188 valence electrons. The van der Waals surface area contributed by atoms with Crippen molar-refractivity contribution in [1.29, 1.82) is 0 Å². The lowest BCUT2D eigenvalue weighted by atomic mass is 9.74. The summed E-state index contributed by atoms with van der Waals surface area (Å²) in [4.78, 5) is 40.0. The molecule has 0 saturated heterocycles. The van der Waals surface area contributed by atoms with Gasteiger partial charge in [-0.15, -0.1) is 0 Å². The molecule has 33 heavy (non-hydrogen) atoms. The van der Waals surface area contributed by atoms with Gasteiger partial charge in [-0.2, -0.15) is 0 Å². The van der Waals surface area contributed by atoms with E-state index >= 15 is 0 Å². The number of nitrogens with one attached hydrogen (secondary N) is 2. The fourth-order valence-electron chi connectivity index (χ4n) is 4.30. The third-order valence-electron chi connectivity index (χ3n) is 5.95. The number of nitro groups is 1. The second kappa shape index (κ2) is 15.6. The molecule has 1 amide bonds. The Morgan fingerprint density at radius 2 is 1.85 bits per heavy atom. The Bertz CT molecular complexity index is 653. The molecule has 0 spiro atoms. The van der Waals surface area contributed by atoms with Crippen molar-refractivity contribution in [3.63, 3.8) is 0 Å². The third-order valence-corrected chi connectivity index (χ3v) is 5.95. The molecule has 1 aliphatic carbocycles. The van der Waals surface area contributed by atoms with E-state index in [4.69, 9.17) is 5.73 Å². The highest BCUT2D eigenvalue weighted by molar-refractivity contribution is 6.43. The Morgan fingerprint density at radius 1 is 1.21 bits per heavy atom. The van der Waals surface area contributed by atoms with Gasteiger partial charge in [0.05, 0.1) is 5.94 Å². The number of nitrogens with zero attached hydrogens (tertiary/aromatic N) is 2. The molecule has 2 atom stereocenters. The van der Waals surface area contributed by atoms with E-state index in [-0.39, 0.29) is 30.6 Å². The number of carbonyl (C=O) groups is 2. The monoisotopic (exact) mass is 469 g/mol. The van der Waals surface area contributed by atoms with Gasteiger partial charge in [0.1, 0.15) is 5.78 Å². The van der Waals surface area contributed by atoms with Crippen LogP contribution in [0.1, 0.15) is 84.5 Å². The van der Waals surface area contributed by atoms with Crippen LogP contribution in [-0.2, 0) is 9.59 Å². The quantitative estimate of drug-likeness (QED) is 0.0481. The highest BCUT2D eigenvalue weighted by Crippen LogP contribution is 2.27. The minimum atomic E-state index is -1.70. The van der Waals surface area contributed by atoms with Crippen LogP contribution in [0, 0.1) is 27.9 Å². The van der Waals surface area contributed by atoms with Gasteiger partial charge in [-0.1, -0.05) is 57.8 Å². The molecular formula is C21H40BN5O6. The van der Waals surface area contributed by atoms with E-state index in [0.717, 1.165) is 25.7 Å². The molecule has 0 unspecified atom stereocenters. The van der Waals surface area contributed by atoms with Crippen molar-refractivity contribution in [1.82, 2.24) is 10.7 Å². The number of Topliss-reactive ketones (excluding diaryl/α,β-unsaturated/α-hetero) is 1. The smallest absolute Gasteiger partial charge is 0.426 e. The molecule has 0 radical (unpaired) electrons. The van der Waals surface area contributed by atoms with Crippen LogP contribution in [0.2, 0.25) is 0 Å². The van der Waals surface area contributed by atoms with E-state index in [2.05, 4.69) is 10.3 Å². The minimum absolute atomic E-state index is 0.0324. The summed E-state index contributed by atoms with van der Waals surface area (Å²) >= 11 is 0. The first-order chi connectivity index (χ1) is 15.6. The number of carbonyl (C=O) groups excluding carboxylic acids is 2. The number of hydrogen-bond acceptors (Lipinski definition) is 7. The van der Waals surface area contributed by atoms with Gasteiger partial charge in [-0.3, -0.25) is 9.59 Å². The largest absolute Gasteiger partial charge is 0.475 e. The maximum absolute atomic E-state index is 12.9. The van der Waals surface area contributed by atoms with Crippen LogP contribution in [0.25, 0.3) is 0 Å². The number of nitrogens with two attached hydrogens (primary N) is 1. The molecule has 0 aliphatic heterocycles. The first kappa shape index (κ1) is 28.8. The lowest BCUT2D eigenvalue weighted by Gasteiger charge is -2.23. The summed E-state index contributed by atoms with van der Waals surface area (Å²) in [5, 5.41) is 31.6. The van der Waals surface area contributed by atoms with Crippen LogP contribution >= 0.6 is 0 Å². The van der Waals surface area contributed by atoms with Crippen molar-refractivity contribution in [3.05, 3.63) is 10.1 Å². The first-order valence-electron chi connectivity index (χ1n) is 12.0. The number of amides is 1. The van der Waals surface area contributed by atoms with E-state index in [9.17, 15) is 29.8 Å². The van der Waals surface area contributed by atoms with Crippen LogP contribution in [0.3, 0.4) is 0 Å². The third kappa shape index (κ3) is 13.2. The van der Waals surface area contributed by atoms with Crippen LogP contribution in [0.4, 0.5) is 0 Å². The summed E-state index contributed by atoms with van der Waals surface area (Å²) < 4.78 is 0. The van der Waals surface area contributed by atoms with Gasteiger partial charge in [-0.25, -0.2) is 15.1 Å². The van der Waals surface area contributed by atoms with Gasteiger partial charge in [0.15, 0.2) is 5.03 Å². The van der Waals surface area contributed by atoms with Crippen LogP contribution in [0.15, 0.2) is 4.99 Å². The molecule has 0 aromatic heterocycles. The van der Waals surface area contributed by atoms with Gasteiger partial charge in [0.25, 0.3) is 5.96 Å². The molecule has 1 saturated carbocycles. The molecule has 6 N–H and O–H groups in total. The number of rotatable bonds is 14. The summed E-state index contributed by atoms with van der Waals surface area (Å²) in [5.41, 5.74) is 7.16. The number of aliphatic imine (C=N–C) groups is 1. The van der Waals surface area contributed by atoms with Crippen molar-refractivity contribution in [2.75, 3.05) is 6.54 Å². The van der Waals surface area contributed by atoms with Gasteiger partial charge >= 0.3 is 7.12 Å². The Kier molecular flexibility index (Phi) is 13.6. The summed E-state index contributed by atoms with van der Waals surface area (Å²) in [7, 11) is -1.70. The van der Waals surface area contributed by atoms with E-state index in [1.54, 1.807) is 5.43 Å². The van der Waals surface area contributed by atoms with E-state index < -0.39 is 29.9 Å². The maximum Gasteiger partial charge on any atom is 0.475 e. The van der Waals surface area contributed by atoms with E-state index in [0.29, 0.717) is 31.6 Å². The normalized spacial score (nSPS) is 17.2. The zero-order chi connectivity index (χ0) is 24.8. The van der Waals surface area contributed by atoms with Crippen LogP contribution in [-0.4, -0.2) is 52.3 Å². The Labute approximate surface area is 196 Å². The molecule has 1 aliphatic rings. The molecule has 11 nitrogen and oxygen atoms in total. The van der Waals surface area contributed by atoms with Gasteiger partial charge in [0, 0.05) is 25.3 Å².